The Balaban J connectivity index is 1.72. The van der Waals surface area contributed by atoms with Crippen molar-refractivity contribution >= 4 is 56.5 Å². The van der Waals surface area contributed by atoms with Crippen LogP contribution in [0, 0.1) is 6.92 Å². The average molecular weight is 512 g/mol. The summed E-state index contributed by atoms with van der Waals surface area (Å²) in [7, 11) is 0. The van der Waals surface area contributed by atoms with E-state index in [1.165, 1.54) is 22.2 Å². The Morgan fingerprint density at radius 3 is 2.62 bits per heavy atom. The number of rotatable bonds is 8. The number of thioether (sulfide) groups is 1. The Hall–Kier alpha value is -2.61. The smallest absolute Gasteiger partial charge is 0.267 e. The number of aromatic nitrogens is 2. The first-order valence-electron chi connectivity index (χ1n) is 11.2. The fraction of sp³-hybridized carbons (Fsp3) is 0.269. The Morgan fingerprint density at radius 1 is 1.18 bits per heavy atom. The lowest BCUT2D eigenvalue weighted by Crippen LogP contribution is -2.23. The Kier molecular flexibility index (Phi) is 7.76. The highest BCUT2D eigenvalue weighted by atomic mass is 35.5. The lowest BCUT2D eigenvalue weighted by atomic mass is 10.1. The number of thiophene rings is 1. The molecule has 8 heteroatoms. The van der Waals surface area contributed by atoms with Crippen molar-refractivity contribution in [1.29, 1.82) is 0 Å². The fourth-order valence-corrected chi connectivity index (χ4v) is 6.10. The number of amides is 1. The molecule has 0 bridgehead atoms. The van der Waals surface area contributed by atoms with Crippen LogP contribution >= 0.6 is 34.7 Å². The molecule has 0 atom stereocenters. The van der Waals surface area contributed by atoms with Crippen LogP contribution in [0.2, 0.25) is 5.02 Å². The lowest BCUT2D eigenvalue weighted by Gasteiger charge is -2.13. The van der Waals surface area contributed by atoms with Crippen LogP contribution in [0.25, 0.3) is 15.9 Å². The van der Waals surface area contributed by atoms with Gasteiger partial charge in [-0.3, -0.25) is 14.2 Å². The number of hydrogen-bond donors (Lipinski definition) is 1. The molecule has 0 fully saturated rings. The number of hydrogen-bond acceptors (Lipinski definition) is 5. The average Bonchev–Trinajstić information content (AvgIpc) is 3.13. The number of anilines is 1. The highest BCUT2D eigenvalue weighted by Gasteiger charge is 2.20. The van der Waals surface area contributed by atoms with Crippen LogP contribution in [-0.4, -0.2) is 21.2 Å². The predicted molar refractivity (Wildman–Crippen MR) is 144 cm³/mol. The minimum absolute atomic E-state index is 0.0944. The Morgan fingerprint density at radius 2 is 1.94 bits per heavy atom. The quantitative estimate of drug-likeness (QED) is 0.212. The van der Waals surface area contributed by atoms with Gasteiger partial charge in [-0.05, 0) is 61.2 Å². The van der Waals surface area contributed by atoms with Crippen molar-refractivity contribution < 1.29 is 4.79 Å². The van der Waals surface area contributed by atoms with E-state index in [0.717, 1.165) is 35.3 Å². The third kappa shape index (κ3) is 5.22. The molecule has 0 aliphatic heterocycles. The van der Waals surface area contributed by atoms with Gasteiger partial charge in [0.05, 0.1) is 16.8 Å². The number of carbonyl (C=O) groups excluding carboxylic acids is 1. The number of carbonyl (C=O) groups is 1. The van der Waals surface area contributed by atoms with Gasteiger partial charge < -0.3 is 5.32 Å². The molecule has 1 amide bonds. The van der Waals surface area contributed by atoms with Crippen molar-refractivity contribution in [3.63, 3.8) is 0 Å². The second-order valence-corrected chi connectivity index (χ2v) is 10.4. The van der Waals surface area contributed by atoms with E-state index >= 15 is 0 Å². The Bertz CT molecular complexity index is 1390. The van der Waals surface area contributed by atoms with Crippen molar-refractivity contribution in [1.82, 2.24) is 9.55 Å². The van der Waals surface area contributed by atoms with E-state index in [4.69, 9.17) is 16.6 Å². The van der Waals surface area contributed by atoms with E-state index in [0.29, 0.717) is 21.3 Å². The predicted octanol–water partition coefficient (Wildman–Crippen LogP) is 6.65. The van der Waals surface area contributed by atoms with Crippen molar-refractivity contribution in [2.45, 2.75) is 45.2 Å². The van der Waals surface area contributed by atoms with Gasteiger partial charge in [0.25, 0.3) is 5.56 Å². The van der Waals surface area contributed by atoms with Gasteiger partial charge in [-0.25, -0.2) is 4.98 Å². The molecule has 2 heterocycles. The highest BCUT2D eigenvalue weighted by Crippen LogP contribution is 2.31. The van der Waals surface area contributed by atoms with Gasteiger partial charge in [-0.2, -0.15) is 0 Å². The van der Waals surface area contributed by atoms with Crippen molar-refractivity contribution in [2.24, 2.45) is 0 Å². The molecule has 0 saturated carbocycles. The second-order valence-electron chi connectivity index (χ2n) is 7.98. The first-order chi connectivity index (χ1) is 16.4. The number of nitrogens with one attached hydrogen (secondary N) is 1. The molecule has 0 saturated heterocycles. The topological polar surface area (TPSA) is 64.0 Å². The van der Waals surface area contributed by atoms with Gasteiger partial charge in [0.2, 0.25) is 5.91 Å². The summed E-state index contributed by atoms with van der Waals surface area (Å²) in [5.74, 6) is -0.0764. The molecule has 34 heavy (non-hydrogen) atoms. The number of nitrogens with zero attached hydrogens (tertiary/aromatic N) is 2. The van der Waals surface area contributed by atoms with Gasteiger partial charge in [0, 0.05) is 15.6 Å². The third-order valence-electron chi connectivity index (χ3n) is 5.55. The molecule has 0 aliphatic carbocycles. The number of halogens is 1. The molecular formula is C26H26ClN3O2S2. The molecule has 4 rings (SSSR count). The van der Waals surface area contributed by atoms with Gasteiger partial charge in [0.1, 0.15) is 4.83 Å². The first kappa shape index (κ1) is 24.5. The SMILES string of the molecule is CCCc1sc2nc(SCC(=O)Nc3cccc(Cl)c3)n(-c3ccc(CC)cc3)c(=O)c2c1C. The van der Waals surface area contributed by atoms with Crippen LogP contribution < -0.4 is 10.9 Å². The number of benzene rings is 2. The van der Waals surface area contributed by atoms with E-state index in [2.05, 4.69) is 19.2 Å². The van der Waals surface area contributed by atoms with E-state index in [1.807, 2.05) is 31.2 Å². The summed E-state index contributed by atoms with van der Waals surface area (Å²) in [5.41, 5.74) is 3.48. The highest BCUT2D eigenvalue weighted by molar-refractivity contribution is 7.99. The minimum atomic E-state index is -0.191. The molecule has 2 aromatic carbocycles. The van der Waals surface area contributed by atoms with Crippen molar-refractivity contribution in [3.8, 4) is 5.69 Å². The van der Waals surface area contributed by atoms with E-state index in [-0.39, 0.29) is 17.2 Å². The second kappa shape index (κ2) is 10.8. The summed E-state index contributed by atoms with van der Waals surface area (Å²) in [6.07, 6.45) is 2.84. The van der Waals surface area contributed by atoms with Gasteiger partial charge >= 0.3 is 0 Å². The van der Waals surface area contributed by atoms with Crippen molar-refractivity contribution in [2.75, 3.05) is 11.1 Å². The molecule has 2 aromatic heterocycles. The zero-order valence-corrected chi connectivity index (χ0v) is 21.7. The zero-order valence-electron chi connectivity index (χ0n) is 19.4. The van der Waals surface area contributed by atoms with Crippen LogP contribution in [0.3, 0.4) is 0 Å². The van der Waals surface area contributed by atoms with Crippen LogP contribution in [0.15, 0.2) is 58.5 Å². The molecule has 0 radical (unpaired) electrons. The standard InChI is InChI=1S/C26H26ClN3O2S2/c1-4-7-21-16(3)23-24(34-21)29-26(30(25(23)32)20-12-10-17(5-2)11-13-20)33-15-22(31)28-19-9-6-8-18(27)14-19/h6,8-14H,4-5,7,15H2,1-3H3,(H,28,31). The maximum Gasteiger partial charge on any atom is 0.267 e. The summed E-state index contributed by atoms with van der Waals surface area (Å²) in [5, 5.41) is 4.58. The summed E-state index contributed by atoms with van der Waals surface area (Å²) in [6.45, 7) is 6.23. The monoisotopic (exact) mass is 511 g/mol. The molecule has 0 aliphatic rings. The van der Waals surface area contributed by atoms with Crippen LogP contribution in [0.4, 0.5) is 5.69 Å². The van der Waals surface area contributed by atoms with E-state index < -0.39 is 0 Å². The first-order valence-corrected chi connectivity index (χ1v) is 13.4. The zero-order chi connectivity index (χ0) is 24.2. The molecule has 0 unspecified atom stereocenters. The maximum absolute atomic E-state index is 13.7. The van der Waals surface area contributed by atoms with Crippen LogP contribution in [0.1, 0.15) is 36.3 Å². The molecule has 4 aromatic rings. The van der Waals surface area contributed by atoms with Crippen LogP contribution in [-0.2, 0) is 17.6 Å². The molecule has 1 N–H and O–H groups in total. The lowest BCUT2D eigenvalue weighted by molar-refractivity contribution is -0.113. The van der Waals surface area contributed by atoms with Gasteiger partial charge in [-0.15, -0.1) is 11.3 Å². The molecule has 5 nitrogen and oxygen atoms in total. The molecule has 0 spiro atoms. The minimum Gasteiger partial charge on any atom is -0.325 e. The molecular weight excluding hydrogens is 486 g/mol. The summed E-state index contributed by atoms with van der Waals surface area (Å²) in [4.78, 5) is 33.1. The summed E-state index contributed by atoms with van der Waals surface area (Å²) < 4.78 is 1.63. The van der Waals surface area contributed by atoms with E-state index in [9.17, 15) is 9.59 Å². The summed E-state index contributed by atoms with van der Waals surface area (Å²) in [6, 6.07) is 15.0. The van der Waals surface area contributed by atoms with Crippen LogP contribution in [0.5, 0.6) is 0 Å². The molecule has 176 valence electrons. The third-order valence-corrected chi connectivity index (χ3v) is 7.97. The van der Waals surface area contributed by atoms with E-state index in [1.54, 1.807) is 40.2 Å². The fourth-order valence-electron chi connectivity index (χ4n) is 3.77. The number of fused-ring (bicyclic) bond motifs is 1. The maximum atomic E-state index is 13.7. The number of aryl methyl sites for hydroxylation is 3. The normalized spacial score (nSPS) is 11.2. The Labute approximate surface area is 212 Å². The largest absolute Gasteiger partial charge is 0.325 e. The summed E-state index contributed by atoms with van der Waals surface area (Å²) >= 11 is 8.84. The van der Waals surface area contributed by atoms with Crippen molar-refractivity contribution in [3.05, 3.63) is 79.9 Å². The van der Waals surface area contributed by atoms with Gasteiger partial charge in [-0.1, -0.05) is 61.8 Å². The van der Waals surface area contributed by atoms with Gasteiger partial charge in [0.15, 0.2) is 5.16 Å².